The summed E-state index contributed by atoms with van der Waals surface area (Å²) in [6.07, 6.45) is -0.955. The average molecular weight is 568 g/mol. The van der Waals surface area contributed by atoms with E-state index in [1.807, 2.05) is 48.5 Å². The van der Waals surface area contributed by atoms with Gasteiger partial charge in [0.25, 0.3) is 0 Å². The minimum absolute atomic E-state index is 0.0518. The van der Waals surface area contributed by atoms with Crippen molar-refractivity contribution in [3.05, 3.63) is 59.7 Å². The number of carboxylic acids is 1. The summed E-state index contributed by atoms with van der Waals surface area (Å²) in [5, 5.41) is 15.0. The number of nitrogens with one attached hydrogen (secondary N) is 2. The number of benzene rings is 2. The van der Waals surface area contributed by atoms with Crippen LogP contribution in [-0.4, -0.2) is 59.4 Å². The fraction of sp³-hybridized carbons (Fsp3) is 0.484. The summed E-state index contributed by atoms with van der Waals surface area (Å²) in [5.41, 5.74) is 7.55. The number of fused-ring (bicyclic) bond motifs is 3. The summed E-state index contributed by atoms with van der Waals surface area (Å²) >= 11 is 0. The highest BCUT2D eigenvalue weighted by molar-refractivity contribution is 6.10. The molecule has 5 N–H and O–H groups in total. The fourth-order valence-corrected chi connectivity index (χ4v) is 4.95. The van der Waals surface area contributed by atoms with E-state index in [0.29, 0.717) is 6.42 Å². The first-order valence-corrected chi connectivity index (χ1v) is 13.9. The maximum Gasteiger partial charge on any atom is 0.407 e. The van der Waals surface area contributed by atoms with E-state index in [2.05, 4.69) is 10.6 Å². The molecule has 2 aromatic rings. The van der Waals surface area contributed by atoms with Crippen molar-refractivity contribution in [3.8, 4) is 11.1 Å². The molecule has 0 aromatic heterocycles. The number of carbonyl (C=O) groups is 4. The van der Waals surface area contributed by atoms with Crippen LogP contribution < -0.4 is 16.4 Å². The van der Waals surface area contributed by atoms with Gasteiger partial charge in [-0.3, -0.25) is 4.79 Å². The molecule has 10 nitrogen and oxygen atoms in total. The van der Waals surface area contributed by atoms with Crippen LogP contribution in [0.3, 0.4) is 0 Å². The third-order valence-corrected chi connectivity index (χ3v) is 7.05. The first kappa shape index (κ1) is 31.6. The number of aliphatic carboxylic acids is 1. The lowest BCUT2D eigenvalue weighted by molar-refractivity contribution is -0.149. The van der Waals surface area contributed by atoms with E-state index in [4.69, 9.17) is 15.2 Å². The van der Waals surface area contributed by atoms with E-state index in [9.17, 15) is 24.3 Å². The van der Waals surface area contributed by atoms with Crippen molar-refractivity contribution in [1.29, 1.82) is 0 Å². The zero-order valence-electron chi connectivity index (χ0n) is 24.4. The van der Waals surface area contributed by atoms with Gasteiger partial charge in [0, 0.05) is 12.5 Å². The Morgan fingerprint density at radius 1 is 0.927 bits per heavy atom. The highest BCUT2D eigenvalue weighted by atomic mass is 16.6. The largest absolute Gasteiger partial charge is 0.480 e. The summed E-state index contributed by atoms with van der Waals surface area (Å²) in [5.74, 6) is -2.90. The molecule has 0 saturated carbocycles. The molecule has 0 unspecified atom stereocenters. The van der Waals surface area contributed by atoms with Crippen LogP contribution >= 0.6 is 0 Å². The molecule has 1 aliphatic rings. The molecule has 222 valence electrons. The summed E-state index contributed by atoms with van der Waals surface area (Å²) in [4.78, 5) is 50.3. The Balaban J connectivity index is 1.60. The standard InChI is InChI=1S/C31H41N3O7/c1-19(2)25(26(35)31(32,27(36)37)16-10-11-17-33-28(38)41-30(3,4)5)34-29(39)40-18-24-22-14-8-6-12-20(22)21-13-7-9-15-23(21)24/h6-9,12-15,19,24-25H,10-11,16-18,32H2,1-5H3,(H,33,38)(H,34,39)(H,36,37)/t25-,31+/m0/s1. The number of ketones is 1. The third kappa shape index (κ3) is 7.85. The van der Waals surface area contributed by atoms with Crippen LogP contribution in [0, 0.1) is 5.92 Å². The zero-order valence-corrected chi connectivity index (χ0v) is 24.4. The Morgan fingerprint density at radius 2 is 1.49 bits per heavy atom. The molecule has 0 radical (unpaired) electrons. The molecule has 41 heavy (non-hydrogen) atoms. The number of hydrogen-bond acceptors (Lipinski definition) is 7. The lowest BCUT2D eigenvalue weighted by Gasteiger charge is -2.30. The number of carbonyl (C=O) groups excluding carboxylic acids is 3. The minimum Gasteiger partial charge on any atom is -0.480 e. The number of ether oxygens (including phenoxy) is 2. The van der Waals surface area contributed by atoms with Crippen molar-refractivity contribution in [2.24, 2.45) is 11.7 Å². The van der Waals surface area contributed by atoms with Gasteiger partial charge in [-0.1, -0.05) is 62.4 Å². The highest BCUT2D eigenvalue weighted by Crippen LogP contribution is 2.44. The zero-order chi connectivity index (χ0) is 30.4. The number of hydrogen-bond donors (Lipinski definition) is 4. The van der Waals surface area contributed by atoms with Gasteiger partial charge in [-0.25, -0.2) is 14.4 Å². The molecule has 2 aromatic carbocycles. The van der Waals surface area contributed by atoms with Crippen LogP contribution in [0.25, 0.3) is 11.1 Å². The lowest BCUT2D eigenvalue weighted by Crippen LogP contribution is -2.62. The molecular formula is C31H41N3O7. The van der Waals surface area contributed by atoms with Gasteiger partial charge >= 0.3 is 18.2 Å². The van der Waals surface area contributed by atoms with Gasteiger partial charge in [0.05, 0.1) is 6.04 Å². The van der Waals surface area contributed by atoms with Gasteiger partial charge in [-0.05, 0) is 68.2 Å². The Morgan fingerprint density at radius 3 is 2.00 bits per heavy atom. The molecule has 3 rings (SSSR count). The van der Waals surface area contributed by atoms with Gasteiger partial charge in [0.2, 0.25) is 0 Å². The first-order chi connectivity index (χ1) is 19.2. The molecule has 0 spiro atoms. The topological polar surface area (TPSA) is 157 Å². The molecule has 0 bridgehead atoms. The van der Waals surface area contributed by atoms with E-state index in [1.54, 1.807) is 34.6 Å². The number of alkyl carbamates (subject to hydrolysis) is 2. The van der Waals surface area contributed by atoms with E-state index in [0.717, 1.165) is 22.3 Å². The third-order valence-electron chi connectivity index (χ3n) is 7.05. The summed E-state index contributed by atoms with van der Waals surface area (Å²) in [7, 11) is 0. The predicted octanol–water partition coefficient (Wildman–Crippen LogP) is 4.60. The molecule has 2 atom stereocenters. The Kier molecular flexibility index (Phi) is 10.1. The van der Waals surface area contributed by atoms with Crippen molar-refractivity contribution in [2.45, 2.75) is 77.0 Å². The number of rotatable bonds is 12. The van der Waals surface area contributed by atoms with E-state index in [-0.39, 0.29) is 31.9 Å². The van der Waals surface area contributed by atoms with Crippen LogP contribution in [0.1, 0.15) is 70.9 Å². The van der Waals surface area contributed by atoms with Crippen LogP contribution in [0.2, 0.25) is 0 Å². The van der Waals surface area contributed by atoms with Gasteiger partial charge in [-0.15, -0.1) is 0 Å². The van der Waals surface area contributed by atoms with E-state index >= 15 is 0 Å². The predicted molar refractivity (Wildman–Crippen MR) is 154 cm³/mol. The number of nitrogens with two attached hydrogens (primary N) is 1. The van der Waals surface area contributed by atoms with Crippen molar-refractivity contribution >= 4 is 23.9 Å². The number of Topliss-reactive ketones (excluding diaryl/α,β-unsaturated/α-hetero) is 1. The van der Waals surface area contributed by atoms with Gasteiger partial charge < -0.3 is 30.9 Å². The second-order valence-corrected chi connectivity index (χ2v) is 11.7. The minimum atomic E-state index is -2.22. The van der Waals surface area contributed by atoms with E-state index < -0.39 is 47.0 Å². The van der Waals surface area contributed by atoms with Crippen molar-refractivity contribution < 1.29 is 33.8 Å². The SMILES string of the molecule is CC(C)[C@H](NC(=O)OCC1c2ccccc2-c2ccccc21)C(=O)[C@](N)(CCCCNC(=O)OC(C)(C)C)C(=O)O. The molecule has 0 heterocycles. The molecular weight excluding hydrogens is 526 g/mol. The monoisotopic (exact) mass is 567 g/mol. The molecule has 10 heteroatoms. The Hall–Kier alpha value is -3.92. The van der Waals surface area contributed by atoms with Gasteiger partial charge in [0.15, 0.2) is 11.3 Å². The second-order valence-electron chi connectivity index (χ2n) is 11.7. The Bertz CT molecular complexity index is 1220. The molecule has 0 aliphatic heterocycles. The van der Waals surface area contributed by atoms with Crippen LogP contribution in [0.15, 0.2) is 48.5 Å². The number of unbranched alkanes of at least 4 members (excludes halogenated alkanes) is 1. The summed E-state index contributed by atoms with van der Waals surface area (Å²) < 4.78 is 10.7. The normalized spacial score (nSPS) is 14.8. The van der Waals surface area contributed by atoms with Crippen LogP contribution in [-0.2, 0) is 19.1 Å². The second kappa shape index (κ2) is 13.2. The lowest BCUT2D eigenvalue weighted by atomic mass is 9.82. The maximum atomic E-state index is 13.4. The molecule has 0 saturated heterocycles. The summed E-state index contributed by atoms with van der Waals surface area (Å²) in [6.45, 7) is 8.90. The quantitative estimate of drug-likeness (QED) is 0.214. The van der Waals surface area contributed by atoms with Crippen molar-refractivity contribution in [2.75, 3.05) is 13.2 Å². The first-order valence-electron chi connectivity index (χ1n) is 13.9. The summed E-state index contributed by atoms with van der Waals surface area (Å²) in [6, 6.07) is 14.7. The van der Waals surface area contributed by atoms with Crippen molar-refractivity contribution in [3.63, 3.8) is 0 Å². The van der Waals surface area contributed by atoms with Crippen LogP contribution in [0.5, 0.6) is 0 Å². The van der Waals surface area contributed by atoms with Gasteiger partial charge in [-0.2, -0.15) is 0 Å². The van der Waals surface area contributed by atoms with Gasteiger partial charge in [0.1, 0.15) is 12.2 Å². The number of amides is 2. The number of carboxylic acid groups (broad SMARTS) is 1. The van der Waals surface area contributed by atoms with Crippen LogP contribution in [0.4, 0.5) is 9.59 Å². The van der Waals surface area contributed by atoms with Crippen molar-refractivity contribution in [1.82, 2.24) is 10.6 Å². The molecule has 1 aliphatic carbocycles. The smallest absolute Gasteiger partial charge is 0.407 e. The molecule has 2 amide bonds. The van der Waals surface area contributed by atoms with E-state index in [1.165, 1.54) is 0 Å². The fourth-order valence-electron chi connectivity index (χ4n) is 4.95. The Labute approximate surface area is 241 Å². The highest BCUT2D eigenvalue weighted by Gasteiger charge is 2.46. The maximum absolute atomic E-state index is 13.4. The average Bonchev–Trinajstić information content (AvgIpc) is 3.22. The molecule has 0 fully saturated rings.